The molecule has 2 heterocycles. The Morgan fingerprint density at radius 3 is 2.71 bits per heavy atom. The van der Waals surface area contributed by atoms with Crippen LogP contribution in [0.5, 0.6) is 0 Å². The van der Waals surface area contributed by atoms with Crippen LogP contribution in [0.3, 0.4) is 0 Å². The minimum Gasteiger partial charge on any atom is -0.478 e. The predicted octanol–water partition coefficient (Wildman–Crippen LogP) is 4.64. The average molecular weight is 440 g/mol. The Morgan fingerprint density at radius 2 is 1.97 bits per heavy atom. The first kappa shape index (κ1) is 21.0. The summed E-state index contributed by atoms with van der Waals surface area (Å²) in [6, 6.07) is 7.58. The van der Waals surface area contributed by atoms with Gasteiger partial charge in [0.25, 0.3) is 5.91 Å². The number of aryl methyl sites for hydroxylation is 2. The lowest BCUT2D eigenvalue weighted by molar-refractivity contribution is 0.0695. The zero-order valence-electron chi connectivity index (χ0n) is 17.2. The first-order chi connectivity index (χ1) is 14.9. The van der Waals surface area contributed by atoms with Crippen LogP contribution < -0.4 is 5.43 Å². The van der Waals surface area contributed by atoms with Crippen molar-refractivity contribution in [1.29, 1.82) is 0 Å². The molecule has 160 valence electrons. The van der Waals surface area contributed by atoms with Crippen LogP contribution in [0, 0.1) is 19.7 Å². The summed E-state index contributed by atoms with van der Waals surface area (Å²) in [5.41, 5.74) is 6.05. The summed E-state index contributed by atoms with van der Waals surface area (Å²) in [6.07, 6.45) is 5.28. The number of thiophene rings is 1. The van der Waals surface area contributed by atoms with Crippen LogP contribution in [-0.2, 0) is 12.8 Å². The van der Waals surface area contributed by atoms with Gasteiger partial charge in [-0.3, -0.25) is 4.79 Å². The second-order valence-electron chi connectivity index (χ2n) is 7.54. The number of fused-ring (bicyclic) bond motifs is 1. The molecule has 0 atom stereocenters. The van der Waals surface area contributed by atoms with Gasteiger partial charge in [-0.1, -0.05) is 12.1 Å². The molecule has 0 saturated carbocycles. The monoisotopic (exact) mass is 439 g/mol. The fourth-order valence-electron chi connectivity index (χ4n) is 4.03. The Morgan fingerprint density at radius 1 is 1.23 bits per heavy atom. The molecule has 0 spiro atoms. The molecule has 3 aromatic rings. The van der Waals surface area contributed by atoms with Gasteiger partial charge in [0, 0.05) is 21.8 Å². The number of carbonyl (C=O) groups excluding carboxylic acids is 1. The van der Waals surface area contributed by atoms with Gasteiger partial charge in [0.05, 0.1) is 17.3 Å². The fraction of sp³-hybridized carbons (Fsp3) is 0.261. The van der Waals surface area contributed by atoms with Gasteiger partial charge in [-0.15, -0.1) is 11.3 Å². The van der Waals surface area contributed by atoms with Crippen molar-refractivity contribution >= 4 is 29.4 Å². The molecule has 0 saturated heterocycles. The van der Waals surface area contributed by atoms with Gasteiger partial charge in [-0.05, 0) is 63.3 Å². The van der Waals surface area contributed by atoms with E-state index in [1.807, 2.05) is 24.5 Å². The molecular weight excluding hydrogens is 417 g/mol. The predicted molar refractivity (Wildman–Crippen MR) is 118 cm³/mol. The number of aromatic carboxylic acids is 1. The van der Waals surface area contributed by atoms with Crippen molar-refractivity contribution in [1.82, 2.24) is 9.99 Å². The number of nitrogens with one attached hydrogen (secondary N) is 1. The van der Waals surface area contributed by atoms with Crippen LogP contribution in [0.25, 0.3) is 5.00 Å². The van der Waals surface area contributed by atoms with Crippen molar-refractivity contribution in [3.63, 3.8) is 0 Å². The van der Waals surface area contributed by atoms with Crippen LogP contribution in [-0.4, -0.2) is 27.8 Å². The number of hydrogen-bond donors (Lipinski definition) is 2. The van der Waals surface area contributed by atoms with E-state index in [0.717, 1.165) is 53.1 Å². The number of aromatic nitrogens is 1. The summed E-state index contributed by atoms with van der Waals surface area (Å²) in [7, 11) is 0. The molecule has 1 amide bonds. The smallest absolute Gasteiger partial charge is 0.339 e. The maximum absolute atomic E-state index is 13.7. The van der Waals surface area contributed by atoms with Gasteiger partial charge in [0.2, 0.25) is 0 Å². The highest BCUT2D eigenvalue weighted by molar-refractivity contribution is 7.15. The van der Waals surface area contributed by atoms with Gasteiger partial charge >= 0.3 is 5.97 Å². The molecule has 8 heteroatoms. The molecule has 0 fully saturated rings. The van der Waals surface area contributed by atoms with E-state index < -0.39 is 17.7 Å². The molecule has 0 bridgehead atoms. The lowest BCUT2D eigenvalue weighted by Crippen LogP contribution is -2.19. The second kappa shape index (κ2) is 8.47. The number of benzene rings is 1. The zero-order chi connectivity index (χ0) is 22.1. The van der Waals surface area contributed by atoms with Crippen LogP contribution in [0.2, 0.25) is 0 Å². The first-order valence-electron chi connectivity index (χ1n) is 10.0. The summed E-state index contributed by atoms with van der Waals surface area (Å²) in [4.78, 5) is 25.3. The number of hydrogen-bond acceptors (Lipinski definition) is 4. The number of amides is 1. The van der Waals surface area contributed by atoms with Crippen molar-refractivity contribution < 1.29 is 19.1 Å². The fourth-order valence-corrected chi connectivity index (χ4v) is 5.52. The number of rotatable bonds is 5. The van der Waals surface area contributed by atoms with E-state index in [1.165, 1.54) is 35.8 Å². The third-order valence-corrected chi connectivity index (χ3v) is 6.81. The van der Waals surface area contributed by atoms with Crippen LogP contribution in [0.4, 0.5) is 4.39 Å². The Labute approximate surface area is 183 Å². The highest BCUT2D eigenvalue weighted by Gasteiger charge is 2.27. The van der Waals surface area contributed by atoms with Gasteiger partial charge in [0.1, 0.15) is 10.8 Å². The van der Waals surface area contributed by atoms with Crippen molar-refractivity contribution in [3.05, 3.63) is 74.7 Å². The quantitative estimate of drug-likeness (QED) is 0.449. The highest BCUT2D eigenvalue weighted by atomic mass is 32.1. The highest BCUT2D eigenvalue weighted by Crippen LogP contribution is 2.38. The maximum Gasteiger partial charge on any atom is 0.339 e. The molecule has 1 aromatic carbocycles. The Bertz CT molecular complexity index is 1210. The first-order valence-corrected chi connectivity index (χ1v) is 10.8. The molecule has 0 radical (unpaired) electrons. The largest absolute Gasteiger partial charge is 0.478 e. The molecule has 31 heavy (non-hydrogen) atoms. The molecule has 1 aliphatic carbocycles. The lowest BCUT2D eigenvalue weighted by atomic mass is 9.95. The molecular formula is C23H22FN3O3S. The van der Waals surface area contributed by atoms with E-state index in [2.05, 4.69) is 10.5 Å². The zero-order valence-corrected chi connectivity index (χ0v) is 18.1. The summed E-state index contributed by atoms with van der Waals surface area (Å²) in [5, 5.41) is 14.6. The summed E-state index contributed by atoms with van der Waals surface area (Å²) < 4.78 is 15.7. The normalized spacial score (nSPS) is 13.4. The van der Waals surface area contributed by atoms with Crippen molar-refractivity contribution in [2.45, 2.75) is 39.5 Å². The summed E-state index contributed by atoms with van der Waals surface area (Å²) in [6.45, 7) is 3.80. The van der Waals surface area contributed by atoms with Crippen molar-refractivity contribution in [2.75, 3.05) is 0 Å². The van der Waals surface area contributed by atoms with E-state index >= 15 is 0 Å². The Kier molecular flexibility index (Phi) is 5.73. The molecule has 4 rings (SSSR count). The molecule has 0 unspecified atom stereocenters. The van der Waals surface area contributed by atoms with Gasteiger partial charge in [-0.2, -0.15) is 5.10 Å². The number of carbonyl (C=O) groups is 2. The molecule has 0 aliphatic heterocycles. The minimum atomic E-state index is -0.908. The average Bonchev–Trinajstić information content (AvgIpc) is 3.24. The lowest BCUT2D eigenvalue weighted by Gasteiger charge is -2.11. The Balaban J connectivity index is 1.64. The van der Waals surface area contributed by atoms with Crippen molar-refractivity contribution in [3.8, 4) is 5.00 Å². The molecule has 6 nitrogen and oxygen atoms in total. The number of hydrazone groups is 1. The van der Waals surface area contributed by atoms with E-state index in [9.17, 15) is 19.1 Å². The third-order valence-electron chi connectivity index (χ3n) is 5.53. The van der Waals surface area contributed by atoms with Crippen molar-refractivity contribution in [2.24, 2.45) is 5.10 Å². The van der Waals surface area contributed by atoms with Crippen LogP contribution in [0.15, 0.2) is 35.4 Å². The van der Waals surface area contributed by atoms with Crippen LogP contribution >= 0.6 is 11.3 Å². The minimum absolute atomic E-state index is 0.0830. The number of carboxylic acid groups (broad SMARTS) is 1. The maximum atomic E-state index is 13.7. The third kappa shape index (κ3) is 3.90. The molecule has 1 aliphatic rings. The summed E-state index contributed by atoms with van der Waals surface area (Å²) in [5.74, 6) is -2.16. The number of carboxylic acids is 1. The second-order valence-corrected chi connectivity index (χ2v) is 8.62. The number of halogens is 1. The molecule has 2 aromatic heterocycles. The SMILES string of the molecule is Cc1cc(/C=N\NC(=O)c2ccccc2F)c(C)n1-c1sc2c(c1C(=O)O)CCCC2. The molecule has 2 N–H and O–H groups in total. The van der Waals surface area contributed by atoms with E-state index in [1.54, 1.807) is 6.07 Å². The van der Waals surface area contributed by atoms with Gasteiger partial charge < -0.3 is 9.67 Å². The number of nitrogens with zero attached hydrogens (tertiary/aromatic N) is 2. The van der Waals surface area contributed by atoms with Gasteiger partial charge in [-0.25, -0.2) is 14.6 Å². The Hall–Kier alpha value is -3.26. The summed E-state index contributed by atoms with van der Waals surface area (Å²) >= 11 is 1.54. The van der Waals surface area contributed by atoms with E-state index in [-0.39, 0.29) is 5.56 Å². The van der Waals surface area contributed by atoms with E-state index in [4.69, 9.17) is 0 Å². The van der Waals surface area contributed by atoms with Crippen LogP contribution in [0.1, 0.15) is 60.9 Å². The van der Waals surface area contributed by atoms with Gasteiger partial charge in [0.15, 0.2) is 0 Å². The van der Waals surface area contributed by atoms with E-state index in [0.29, 0.717) is 10.6 Å². The standard InChI is InChI=1S/C23H22FN3O3S/c1-13-11-15(12-25-26-21(28)16-7-3-5-9-18(16)24)14(2)27(13)22-20(23(29)30)17-8-4-6-10-19(17)31-22/h3,5,7,9,11-12H,4,6,8,10H2,1-2H3,(H,26,28)(H,29,30)/b25-12-. The topological polar surface area (TPSA) is 83.7 Å².